The molecule has 3 aromatic rings. The second-order valence-electron chi connectivity index (χ2n) is 7.09. The molecule has 0 bridgehead atoms. The molecule has 0 radical (unpaired) electrons. The molecule has 8 heteroatoms. The Morgan fingerprint density at radius 2 is 1.86 bits per heavy atom. The van der Waals surface area contributed by atoms with Gasteiger partial charge in [0.25, 0.3) is 0 Å². The monoisotopic (exact) mass is 400 g/mol. The molecule has 1 aliphatic rings. The molecular weight excluding hydrogens is 381 g/mol. The summed E-state index contributed by atoms with van der Waals surface area (Å²) < 4.78 is 38.7. The van der Waals surface area contributed by atoms with Crippen LogP contribution in [0, 0.1) is 6.92 Å². The highest BCUT2D eigenvalue weighted by Gasteiger charge is 2.30. The van der Waals surface area contributed by atoms with Crippen LogP contribution in [0.4, 0.5) is 19.0 Å². The van der Waals surface area contributed by atoms with Gasteiger partial charge in [0, 0.05) is 42.7 Å². The molecule has 0 saturated carbocycles. The number of nitrogens with zero attached hydrogens (tertiary/aromatic N) is 4. The molecule has 1 saturated heterocycles. The maximum atomic E-state index is 12.9. The van der Waals surface area contributed by atoms with Crippen LogP contribution >= 0.6 is 0 Å². The number of halogens is 3. The minimum atomic E-state index is -4.39. The molecule has 2 aromatic heterocycles. The van der Waals surface area contributed by atoms with Crippen molar-refractivity contribution in [1.29, 1.82) is 0 Å². The van der Waals surface area contributed by atoms with Crippen molar-refractivity contribution in [3.05, 3.63) is 59.9 Å². The van der Waals surface area contributed by atoms with E-state index in [0.29, 0.717) is 42.4 Å². The van der Waals surface area contributed by atoms with Gasteiger partial charge in [-0.25, -0.2) is 9.97 Å². The van der Waals surface area contributed by atoms with Crippen LogP contribution in [0.15, 0.2) is 48.8 Å². The molecule has 29 heavy (non-hydrogen) atoms. The van der Waals surface area contributed by atoms with Crippen molar-refractivity contribution in [1.82, 2.24) is 15.0 Å². The predicted molar refractivity (Wildman–Crippen MR) is 103 cm³/mol. The van der Waals surface area contributed by atoms with Gasteiger partial charge in [-0.2, -0.15) is 13.2 Å². The van der Waals surface area contributed by atoms with Crippen molar-refractivity contribution in [2.45, 2.75) is 25.6 Å². The normalized spacial score (nSPS) is 17.0. The zero-order chi connectivity index (χ0) is 20.6. The van der Waals surface area contributed by atoms with Crippen molar-refractivity contribution in [2.75, 3.05) is 18.0 Å². The number of anilines is 1. The highest BCUT2D eigenvalue weighted by atomic mass is 19.4. The summed E-state index contributed by atoms with van der Waals surface area (Å²) in [7, 11) is 0. The Morgan fingerprint density at radius 1 is 1.10 bits per heavy atom. The smallest absolute Gasteiger partial charge is 0.391 e. The maximum absolute atomic E-state index is 12.9. The second kappa shape index (κ2) is 7.44. The SMILES string of the molecule is Cc1ccncc1-c1nc(-c2ccc(C(F)(F)F)cc2)cc(N2CC[C@H](O)C2)n1. The van der Waals surface area contributed by atoms with Crippen molar-refractivity contribution in [3.63, 3.8) is 0 Å². The summed E-state index contributed by atoms with van der Waals surface area (Å²) in [5, 5.41) is 9.88. The Balaban J connectivity index is 1.80. The minimum Gasteiger partial charge on any atom is -0.391 e. The van der Waals surface area contributed by atoms with Crippen molar-refractivity contribution < 1.29 is 18.3 Å². The highest BCUT2D eigenvalue weighted by molar-refractivity contribution is 5.69. The standard InChI is InChI=1S/C21H19F3N4O/c1-13-6-8-25-11-17(13)20-26-18(10-19(27-20)28-9-7-16(29)12-28)14-2-4-15(5-3-14)21(22,23)24/h2-6,8,10-11,16,29H,7,9,12H2,1H3/t16-/m0/s1. The number of aliphatic hydroxyl groups is 1. The van der Waals surface area contributed by atoms with Gasteiger partial charge in [-0.05, 0) is 37.1 Å². The Kier molecular flexibility index (Phi) is 4.96. The molecule has 0 aliphatic carbocycles. The van der Waals surface area contributed by atoms with Crippen molar-refractivity contribution in [3.8, 4) is 22.6 Å². The van der Waals surface area contributed by atoms with Gasteiger partial charge in [-0.3, -0.25) is 4.98 Å². The van der Waals surface area contributed by atoms with E-state index in [-0.39, 0.29) is 0 Å². The van der Waals surface area contributed by atoms with Gasteiger partial charge in [-0.15, -0.1) is 0 Å². The van der Waals surface area contributed by atoms with Gasteiger partial charge in [-0.1, -0.05) is 12.1 Å². The third-order valence-corrected chi connectivity index (χ3v) is 4.99. The van der Waals surface area contributed by atoms with E-state index < -0.39 is 17.8 Å². The summed E-state index contributed by atoms with van der Waals surface area (Å²) in [6.45, 7) is 3.02. The molecular formula is C21H19F3N4O. The van der Waals surface area contributed by atoms with Crippen LogP contribution in [0.1, 0.15) is 17.5 Å². The number of rotatable bonds is 3. The lowest BCUT2D eigenvalue weighted by Crippen LogP contribution is -2.22. The molecule has 1 atom stereocenters. The predicted octanol–water partition coefficient (Wildman–Crippen LogP) is 4.10. The molecule has 4 rings (SSSR count). The average Bonchev–Trinajstić information content (AvgIpc) is 3.14. The molecule has 0 unspecified atom stereocenters. The Labute approximate surface area is 165 Å². The van der Waals surface area contributed by atoms with Crippen LogP contribution in [0.2, 0.25) is 0 Å². The first-order valence-electron chi connectivity index (χ1n) is 9.22. The van der Waals surface area contributed by atoms with Crippen LogP contribution < -0.4 is 4.90 Å². The summed E-state index contributed by atoms with van der Waals surface area (Å²) in [5.74, 6) is 1.08. The third-order valence-electron chi connectivity index (χ3n) is 4.99. The number of β-amino-alcohol motifs (C(OH)–C–C–N with tert-alkyl or cyclic N) is 1. The third kappa shape index (κ3) is 4.07. The lowest BCUT2D eigenvalue weighted by atomic mass is 10.1. The first kappa shape index (κ1) is 19.3. The Morgan fingerprint density at radius 3 is 2.48 bits per heavy atom. The number of hydrogen-bond acceptors (Lipinski definition) is 5. The summed E-state index contributed by atoms with van der Waals surface area (Å²) in [5.41, 5.74) is 2.06. The highest BCUT2D eigenvalue weighted by Crippen LogP contribution is 2.32. The first-order chi connectivity index (χ1) is 13.8. The molecule has 1 aromatic carbocycles. The van der Waals surface area contributed by atoms with E-state index in [1.165, 1.54) is 12.1 Å². The fourth-order valence-electron chi connectivity index (χ4n) is 3.34. The number of hydrogen-bond donors (Lipinski definition) is 1. The van der Waals surface area contributed by atoms with Gasteiger partial charge in [0.2, 0.25) is 0 Å². The Hall–Kier alpha value is -3.00. The van der Waals surface area contributed by atoms with Crippen molar-refractivity contribution in [2.24, 2.45) is 0 Å². The van der Waals surface area contributed by atoms with E-state index in [9.17, 15) is 18.3 Å². The molecule has 1 N–H and O–H groups in total. The van der Waals surface area contributed by atoms with Gasteiger partial charge in [0.05, 0.1) is 17.4 Å². The topological polar surface area (TPSA) is 62.1 Å². The number of aliphatic hydroxyl groups excluding tert-OH is 1. The van der Waals surface area contributed by atoms with Crippen LogP contribution in [0.25, 0.3) is 22.6 Å². The number of aryl methyl sites for hydroxylation is 1. The van der Waals surface area contributed by atoms with E-state index in [1.54, 1.807) is 18.5 Å². The zero-order valence-corrected chi connectivity index (χ0v) is 15.7. The summed E-state index contributed by atoms with van der Waals surface area (Å²) >= 11 is 0. The van der Waals surface area contributed by atoms with E-state index >= 15 is 0 Å². The number of benzene rings is 1. The van der Waals surface area contributed by atoms with E-state index in [0.717, 1.165) is 23.3 Å². The maximum Gasteiger partial charge on any atom is 0.416 e. The van der Waals surface area contributed by atoms with E-state index in [1.807, 2.05) is 17.9 Å². The lowest BCUT2D eigenvalue weighted by Gasteiger charge is -2.19. The molecule has 3 heterocycles. The lowest BCUT2D eigenvalue weighted by molar-refractivity contribution is -0.137. The molecule has 0 spiro atoms. The van der Waals surface area contributed by atoms with Gasteiger partial charge in [0.15, 0.2) is 5.82 Å². The quantitative estimate of drug-likeness (QED) is 0.717. The van der Waals surface area contributed by atoms with Gasteiger partial charge >= 0.3 is 6.18 Å². The summed E-state index contributed by atoms with van der Waals surface area (Å²) in [6, 6.07) is 8.51. The molecule has 1 fully saturated rings. The number of pyridine rings is 1. The number of alkyl halides is 3. The molecule has 5 nitrogen and oxygen atoms in total. The largest absolute Gasteiger partial charge is 0.416 e. The summed E-state index contributed by atoms with van der Waals surface area (Å²) in [6.07, 6.45) is -0.831. The van der Waals surface area contributed by atoms with Crippen LogP contribution in [0.5, 0.6) is 0 Å². The Bertz CT molecular complexity index is 1020. The van der Waals surface area contributed by atoms with E-state index in [2.05, 4.69) is 15.0 Å². The first-order valence-corrected chi connectivity index (χ1v) is 9.22. The van der Waals surface area contributed by atoms with Crippen LogP contribution in [-0.4, -0.2) is 39.3 Å². The zero-order valence-electron chi connectivity index (χ0n) is 15.7. The fourth-order valence-corrected chi connectivity index (χ4v) is 3.34. The van der Waals surface area contributed by atoms with Gasteiger partial charge < -0.3 is 10.0 Å². The van der Waals surface area contributed by atoms with E-state index in [4.69, 9.17) is 0 Å². The fraction of sp³-hybridized carbons (Fsp3) is 0.286. The average molecular weight is 400 g/mol. The molecule has 0 amide bonds. The molecule has 1 aliphatic heterocycles. The van der Waals surface area contributed by atoms with Crippen LogP contribution in [0.3, 0.4) is 0 Å². The minimum absolute atomic E-state index is 0.428. The molecule has 150 valence electrons. The summed E-state index contributed by atoms with van der Waals surface area (Å²) in [4.78, 5) is 15.3. The van der Waals surface area contributed by atoms with Crippen molar-refractivity contribution >= 4 is 5.82 Å². The number of aromatic nitrogens is 3. The second-order valence-corrected chi connectivity index (χ2v) is 7.09. The van der Waals surface area contributed by atoms with Crippen LogP contribution in [-0.2, 0) is 6.18 Å². The van der Waals surface area contributed by atoms with Gasteiger partial charge in [0.1, 0.15) is 5.82 Å².